The number of methoxy groups -OCH3 is 2. The zero-order valence-corrected chi connectivity index (χ0v) is 16.9. The quantitative estimate of drug-likeness (QED) is 0.484. The molecule has 1 aromatic carbocycles. The summed E-state index contributed by atoms with van der Waals surface area (Å²) in [5, 5.41) is 2.00. The van der Waals surface area contributed by atoms with Crippen LogP contribution >= 0.6 is 22.7 Å². The molecule has 0 spiro atoms. The van der Waals surface area contributed by atoms with Gasteiger partial charge in [-0.25, -0.2) is 4.98 Å². The summed E-state index contributed by atoms with van der Waals surface area (Å²) in [4.78, 5) is 22.0. The lowest BCUT2D eigenvalue weighted by Crippen LogP contribution is -2.29. The summed E-state index contributed by atoms with van der Waals surface area (Å²) in [6, 6.07) is 7.66. The fraction of sp³-hybridized carbons (Fsp3) is 0.263. The summed E-state index contributed by atoms with van der Waals surface area (Å²) in [6.45, 7) is 3.10. The van der Waals surface area contributed by atoms with Crippen LogP contribution in [-0.4, -0.2) is 41.0 Å². The van der Waals surface area contributed by atoms with Gasteiger partial charge in [0.15, 0.2) is 16.5 Å². The van der Waals surface area contributed by atoms with Gasteiger partial charge in [-0.3, -0.25) is 9.20 Å². The molecule has 4 aromatic rings. The second-order valence-electron chi connectivity index (χ2n) is 5.98. The maximum absolute atomic E-state index is 13.0. The highest BCUT2D eigenvalue weighted by Crippen LogP contribution is 2.30. The molecule has 0 fully saturated rings. The first-order valence-corrected chi connectivity index (χ1v) is 10.2. The van der Waals surface area contributed by atoms with Crippen LogP contribution in [0.1, 0.15) is 22.2 Å². The van der Waals surface area contributed by atoms with E-state index >= 15 is 0 Å². The van der Waals surface area contributed by atoms with E-state index in [0.29, 0.717) is 29.5 Å². The van der Waals surface area contributed by atoms with Gasteiger partial charge >= 0.3 is 0 Å². The van der Waals surface area contributed by atoms with Crippen molar-refractivity contribution in [2.75, 3.05) is 20.8 Å². The van der Waals surface area contributed by atoms with Gasteiger partial charge in [0.25, 0.3) is 5.91 Å². The smallest absolute Gasteiger partial charge is 0.264 e. The van der Waals surface area contributed by atoms with Gasteiger partial charge in [0.1, 0.15) is 4.83 Å². The monoisotopic (exact) mass is 401 g/mol. The number of ether oxygens (including phenoxy) is 2. The average Bonchev–Trinajstić information content (AvgIpc) is 3.37. The first-order chi connectivity index (χ1) is 13.1. The number of benzene rings is 1. The van der Waals surface area contributed by atoms with E-state index in [1.165, 1.54) is 11.3 Å². The standard InChI is InChI=1S/C19H19N3O3S2/c1-4-21(11-12-5-6-14(24-2)15(9-12)25-3)18(23)16-10-13-17(27-16)20-19-22(13)7-8-26-19/h5-10H,4,11H2,1-3H3. The van der Waals surface area contributed by atoms with Gasteiger partial charge in [0, 0.05) is 24.7 Å². The average molecular weight is 402 g/mol. The lowest BCUT2D eigenvalue weighted by Gasteiger charge is -2.21. The fourth-order valence-corrected chi connectivity index (χ4v) is 4.80. The third-order valence-corrected chi connectivity index (χ3v) is 6.20. The molecule has 0 atom stereocenters. The number of amides is 1. The summed E-state index contributed by atoms with van der Waals surface area (Å²) < 4.78 is 12.7. The van der Waals surface area contributed by atoms with Gasteiger partial charge < -0.3 is 14.4 Å². The van der Waals surface area contributed by atoms with Crippen LogP contribution in [0.3, 0.4) is 0 Å². The second-order valence-corrected chi connectivity index (χ2v) is 7.88. The summed E-state index contributed by atoms with van der Waals surface area (Å²) in [7, 11) is 3.22. The molecule has 0 radical (unpaired) electrons. The second kappa shape index (κ2) is 7.21. The number of aromatic nitrogens is 2. The van der Waals surface area contributed by atoms with E-state index in [-0.39, 0.29) is 5.91 Å². The Hall–Kier alpha value is -2.58. The number of fused-ring (bicyclic) bond motifs is 3. The van der Waals surface area contributed by atoms with E-state index in [2.05, 4.69) is 4.98 Å². The molecule has 6 nitrogen and oxygen atoms in total. The fourth-order valence-electron chi connectivity index (χ4n) is 3.04. The third-order valence-electron chi connectivity index (χ3n) is 4.44. The Kier molecular flexibility index (Phi) is 4.75. The van der Waals surface area contributed by atoms with Crippen LogP contribution in [-0.2, 0) is 6.54 Å². The van der Waals surface area contributed by atoms with Crippen molar-refractivity contribution in [2.45, 2.75) is 13.5 Å². The third kappa shape index (κ3) is 3.15. The van der Waals surface area contributed by atoms with Crippen molar-refractivity contribution < 1.29 is 14.3 Å². The molecule has 0 bridgehead atoms. The summed E-state index contributed by atoms with van der Waals surface area (Å²) in [5.41, 5.74) is 1.98. The van der Waals surface area contributed by atoms with Crippen LogP contribution in [0.2, 0.25) is 0 Å². The first-order valence-electron chi connectivity index (χ1n) is 8.50. The number of carbonyl (C=O) groups is 1. The van der Waals surface area contributed by atoms with Crippen LogP contribution in [0.4, 0.5) is 0 Å². The summed E-state index contributed by atoms with van der Waals surface area (Å²) in [5.74, 6) is 1.35. The molecule has 0 aliphatic rings. The molecule has 4 rings (SSSR count). The van der Waals surface area contributed by atoms with Gasteiger partial charge in [-0.05, 0) is 30.7 Å². The topological polar surface area (TPSA) is 56.1 Å². The van der Waals surface area contributed by atoms with Crippen molar-refractivity contribution in [1.82, 2.24) is 14.3 Å². The minimum atomic E-state index is 0.0132. The van der Waals surface area contributed by atoms with Crippen molar-refractivity contribution in [1.29, 1.82) is 0 Å². The Morgan fingerprint density at radius 1 is 1.22 bits per heavy atom. The summed E-state index contributed by atoms with van der Waals surface area (Å²) in [6.07, 6.45) is 1.98. The molecule has 0 saturated heterocycles. The largest absolute Gasteiger partial charge is 0.493 e. The van der Waals surface area contributed by atoms with E-state index in [1.54, 1.807) is 25.6 Å². The number of thiazole rings is 1. The Balaban J connectivity index is 1.60. The van der Waals surface area contributed by atoms with E-state index in [0.717, 1.165) is 20.9 Å². The Morgan fingerprint density at radius 3 is 2.78 bits per heavy atom. The van der Waals surface area contributed by atoms with Crippen LogP contribution in [0.15, 0.2) is 35.8 Å². The number of imidazole rings is 1. The molecule has 3 heterocycles. The molecule has 0 unspecified atom stereocenters. The number of thiophene rings is 1. The van der Waals surface area contributed by atoms with Gasteiger partial charge in [0.05, 0.1) is 24.6 Å². The highest BCUT2D eigenvalue weighted by molar-refractivity contribution is 7.21. The highest BCUT2D eigenvalue weighted by Gasteiger charge is 2.20. The SMILES string of the molecule is CCN(Cc1ccc(OC)c(OC)c1)C(=O)c1cc2c(nc3sccn32)s1. The maximum Gasteiger partial charge on any atom is 0.264 e. The molecule has 27 heavy (non-hydrogen) atoms. The molecular formula is C19H19N3O3S2. The van der Waals surface area contributed by atoms with E-state index < -0.39 is 0 Å². The molecule has 0 saturated carbocycles. The van der Waals surface area contributed by atoms with Crippen molar-refractivity contribution in [3.8, 4) is 11.5 Å². The normalized spacial score (nSPS) is 11.2. The van der Waals surface area contributed by atoms with Gasteiger partial charge in [0.2, 0.25) is 0 Å². The van der Waals surface area contributed by atoms with Crippen molar-refractivity contribution >= 4 is 43.9 Å². The molecule has 1 amide bonds. The predicted molar refractivity (Wildman–Crippen MR) is 108 cm³/mol. The van der Waals surface area contributed by atoms with Crippen LogP contribution in [0.5, 0.6) is 11.5 Å². The zero-order chi connectivity index (χ0) is 19.0. The van der Waals surface area contributed by atoms with Crippen LogP contribution < -0.4 is 9.47 Å². The van der Waals surface area contributed by atoms with Crippen molar-refractivity contribution in [3.63, 3.8) is 0 Å². The van der Waals surface area contributed by atoms with Crippen molar-refractivity contribution in [2.24, 2.45) is 0 Å². The van der Waals surface area contributed by atoms with E-state index in [1.807, 2.05) is 52.1 Å². The molecule has 8 heteroatoms. The molecular weight excluding hydrogens is 382 g/mol. The van der Waals surface area contributed by atoms with Gasteiger partial charge in [-0.1, -0.05) is 6.07 Å². The molecule has 0 aliphatic carbocycles. The van der Waals surface area contributed by atoms with E-state index in [4.69, 9.17) is 9.47 Å². The molecule has 0 N–H and O–H groups in total. The Morgan fingerprint density at radius 2 is 2.04 bits per heavy atom. The van der Waals surface area contributed by atoms with E-state index in [9.17, 15) is 4.79 Å². The predicted octanol–water partition coefficient (Wildman–Crippen LogP) is 4.29. The molecule has 3 aromatic heterocycles. The number of rotatable bonds is 6. The lowest BCUT2D eigenvalue weighted by atomic mass is 10.2. The van der Waals surface area contributed by atoms with Crippen molar-refractivity contribution in [3.05, 3.63) is 46.3 Å². The Labute approximate surface area is 164 Å². The number of hydrogen-bond donors (Lipinski definition) is 0. The zero-order valence-electron chi connectivity index (χ0n) is 15.3. The summed E-state index contributed by atoms with van der Waals surface area (Å²) >= 11 is 3.03. The number of carbonyl (C=O) groups excluding carboxylic acids is 1. The van der Waals surface area contributed by atoms with Crippen LogP contribution in [0, 0.1) is 0 Å². The lowest BCUT2D eigenvalue weighted by molar-refractivity contribution is 0.0757. The molecule has 140 valence electrons. The minimum Gasteiger partial charge on any atom is -0.493 e. The van der Waals surface area contributed by atoms with Gasteiger partial charge in [-0.2, -0.15) is 0 Å². The number of hydrogen-bond acceptors (Lipinski definition) is 6. The Bertz CT molecular complexity index is 1110. The minimum absolute atomic E-state index is 0.0132. The first kappa shape index (κ1) is 17.8. The molecule has 0 aliphatic heterocycles. The number of nitrogens with zero attached hydrogens (tertiary/aromatic N) is 3. The van der Waals surface area contributed by atoms with Crippen LogP contribution in [0.25, 0.3) is 15.3 Å². The van der Waals surface area contributed by atoms with Gasteiger partial charge in [-0.15, -0.1) is 22.7 Å². The highest BCUT2D eigenvalue weighted by atomic mass is 32.1. The maximum atomic E-state index is 13.0.